The zero-order valence-corrected chi connectivity index (χ0v) is 23.3. The summed E-state index contributed by atoms with van der Waals surface area (Å²) in [5, 5.41) is 3.40. The smallest absolute Gasteiger partial charge is 0.256 e. The van der Waals surface area contributed by atoms with Gasteiger partial charge in [0.2, 0.25) is 5.91 Å². The fourth-order valence-electron chi connectivity index (χ4n) is 4.94. The molecule has 4 rings (SSSR count). The van der Waals surface area contributed by atoms with Crippen LogP contribution >= 0.6 is 12.2 Å². The highest BCUT2D eigenvalue weighted by atomic mass is 32.1. The van der Waals surface area contributed by atoms with Crippen molar-refractivity contribution in [1.82, 2.24) is 14.7 Å². The summed E-state index contributed by atoms with van der Waals surface area (Å²) in [5.74, 6) is 0.391. The Bertz CT molecular complexity index is 1070. The van der Waals surface area contributed by atoms with Crippen molar-refractivity contribution in [2.75, 3.05) is 62.6 Å². The van der Waals surface area contributed by atoms with Gasteiger partial charge in [-0.2, -0.15) is 0 Å². The van der Waals surface area contributed by atoms with Crippen LogP contribution in [-0.4, -0.2) is 90.1 Å². The molecule has 0 bridgehead atoms. The van der Waals surface area contributed by atoms with Crippen LogP contribution in [-0.2, 0) is 9.59 Å². The number of thiocarbonyl (C=S) groups is 1. The predicted octanol–water partition coefficient (Wildman–Crippen LogP) is 3.83. The molecule has 2 aromatic carbocycles. The minimum atomic E-state index is -0.633. The van der Waals surface area contributed by atoms with Gasteiger partial charge in [0.25, 0.3) is 5.91 Å². The number of piperazine rings is 1. The van der Waals surface area contributed by atoms with E-state index < -0.39 is 6.04 Å². The number of carbonyl (C=O) groups excluding carboxylic acids is 2. The van der Waals surface area contributed by atoms with Crippen molar-refractivity contribution < 1.29 is 14.3 Å². The van der Waals surface area contributed by atoms with E-state index in [0.717, 1.165) is 63.5 Å². The highest BCUT2D eigenvalue weighted by Gasteiger charge is 2.43. The zero-order chi connectivity index (χ0) is 26.9. The van der Waals surface area contributed by atoms with E-state index in [9.17, 15) is 9.59 Å². The van der Waals surface area contributed by atoms with Crippen LogP contribution in [0.2, 0.25) is 0 Å². The lowest BCUT2D eigenvalue weighted by Gasteiger charge is -2.34. The quantitative estimate of drug-likeness (QED) is 0.413. The van der Waals surface area contributed by atoms with Crippen molar-refractivity contribution in [3.05, 3.63) is 54.6 Å². The molecular formula is C29H39N5O3S. The van der Waals surface area contributed by atoms with E-state index in [4.69, 9.17) is 17.0 Å². The summed E-state index contributed by atoms with van der Waals surface area (Å²) in [4.78, 5) is 35.1. The first kappa shape index (κ1) is 28.0. The Morgan fingerprint density at radius 2 is 1.66 bits per heavy atom. The molecule has 2 saturated heterocycles. The molecule has 38 heavy (non-hydrogen) atoms. The lowest BCUT2D eigenvalue weighted by molar-refractivity contribution is -0.124. The lowest BCUT2D eigenvalue weighted by atomic mass is 10.1. The lowest BCUT2D eigenvalue weighted by Crippen LogP contribution is -2.47. The van der Waals surface area contributed by atoms with Crippen molar-refractivity contribution >= 4 is 40.5 Å². The third kappa shape index (κ3) is 7.09. The standard InChI is InChI=1S/C29H39N5O3S/c1-3-21-37-25-13-11-23(12-14-25)30-27(35)22-26-28(36)34(24-9-6-5-7-10-24)29(38)33(26)16-8-15-32-19-17-31(4-2)18-20-32/h5-7,9-14,26H,3-4,8,15-22H2,1-2H3,(H,30,35)/t26-/m1/s1. The van der Waals surface area contributed by atoms with Crippen molar-refractivity contribution in [2.24, 2.45) is 0 Å². The highest BCUT2D eigenvalue weighted by Crippen LogP contribution is 2.28. The van der Waals surface area contributed by atoms with Crippen LogP contribution in [0.4, 0.5) is 11.4 Å². The maximum Gasteiger partial charge on any atom is 0.256 e. The summed E-state index contributed by atoms with van der Waals surface area (Å²) in [7, 11) is 0. The number of nitrogens with zero attached hydrogens (tertiary/aromatic N) is 4. The second-order valence-corrected chi connectivity index (χ2v) is 10.1. The van der Waals surface area contributed by atoms with Crippen molar-refractivity contribution in [3.63, 3.8) is 0 Å². The Morgan fingerprint density at radius 1 is 0.974 bits per heavy atom. The number of hydrogen-bond acceptors (Lipinski definition) is 6. The number of amides is 2. The average molecular weight is 538 g/mol. The number of ether oxygens (including phenoxy) is 1. The zero-order valence-electron chi connectivity index (χ0n) is 22.5. The maximum atomic E-state index is 13.6. The second-order valence-electron chi connectivity index (χ2n) is 9.76. The summed E-state index contributed by atoms with van der Waals surface area (Å²) in [5.41, 5.74) is 1.40. The second kappa shape index (κ2) is 13.7. The monoisotopic (exact) mass is 537 g/mol. The van der Waals surface area contributed by atoms with Crippen molar-refractivity contribution in [2.45, 2.75) is 39.2 Å². The number of carbonyl (C=O) groups is 2. The third-order valence-electron chi connectivity index (χ3n) is 7.11. The number of rotatable bonds is 12. The number of hydrogen-bond donors (Lipinski definition) is 1. The number of para-hydroxylation sites is 1. The molecule has 9 heteroatoms. The molecule has 2 aliphatic rings. The molecule has 0 spiro atoms. The van der Waals surface area contributed by atoms with Crippen LogP contribution < -0.4 is 15.0 Å². The maximum absolute atomic E-state index is 13.6. The molecule has 2 fully saturated rings. The molecule has 2 aromatic rings. The van der Waals surface area contributed by atoms with Gasteiger partial charge >= 0.3 is 0 Å². The van der Waals surface area contributed by atoms with Crippen molar-refractivity contribution in [3.8, 4) is 5.75 Å². The Balaban J connectivity index is 1.40. The number of anilines is 2. The van der Waals surface area contributed by atoms with E-state index >= 15 is 0 Å². The van der Waals surface area contributed by atoms with Crippen LogP contribution in [0.1, 0.15) is 33.1 Å². The molecule has 8 nitrogen and oxygen atoms in total. The molecule has 0 aliphatic carbocycles. The normalized spacial score (nSPS) is 18.7. The first-order valence-electron chi connectivity index (χ1n) is 13.7. The van der Waals surface area contributed by atoms with Gasteiger partial charge in [-0.15, -0.1) is 0 Å². The van der Waals surface area contributed by atoms with Crippen molar-refractivity contribution in [1.29, 1.82) is 0 Å². The Hall–Kier alpha value is -3.01. The fraction of sp³-hybridized carbons (Fsp3) is 0.483. The Morgan fingerprint density at radius 3 is 2.32 bits per heavy atom. The Kier molecular flexibility index (Phi) is 10.1. The minimum Gasteiger partial charge on any atom is -0.494 e. The number of likely N-dealkylation sites (N-methyl/N-ethyl adjacent to an activating group) is 1. The molecule has 0 saturated carbocycles. The molecule has 0 aromatic heterocycles. The molecular weight excluding hydrogens is 498 g/mol. The topological polar surface area (TPSA) is 68.4 Å². The minimum absolute atomic E-state index is 0.0333. The number of benzene rings is 2. The van der Waals surface area contributed by atoms with Gasteiger partial charge in [-0.25, -0.2) is 0 Å². The molecule has 1 atom stereocenters. The summed E-state index contributed by atoms with van der Waals surface area (Å²) in [6.45, 7) is 11.9. The summed E-state index contributed by atoms with van der Waals surface area (Å²) in [6.07, 6.45) is 1.84. The van der Waals surface area contributed by atoms with Gasteiger partial charge in [0.15, 0.2) is 5.11 Å². The van der Waals surface area contributed by atoms with Gasteiger partial charge in [-0.1, -0.05) is 32.0 Å². The largest absolute Gasteiger partial charge is 0.494 e. The van der Waals surface area contributed by atoms with Crippen LogP contribution in [0, 0.1) is 0 Å². The molecule has 204 valence electrons. The van der Waals surface area contributed by atoms with Gasteiger partial charge in [0.1, 0.15) is 11.8 Å². The van der Waals surface area contributed by atoms with Crippen LogP contribution in [0.25, 0.3) is 0 Å². The van der Waals surface area contributed by atoms with Crippen LogP contribution in [0.5, 0.6) is 5.75 Å². The summed E-state index contributed by atoms with van der Waals surface area (Å²) < 4.78 is 5.62. The van der Waals surface area contributed by atoms with Crippen LogP contribution in [0.15, 0.2) is 54.6 Å². The first-order chi connectivity index (χ1) is 18.5. The number of nitrogens with one attached hydrogen (secondary N) is 1. The molecule has 1 N–H and O–H groups in total. The van der Waals surface area contributed by atoms with Gasteiger partial charge in [0, 0.05) is 38.4 Å². The van der Waals surface area contributed by atoms with E-state index in [1.54, 1.807) is 4.90 Å². The van der Waals surface area contributed by atoms with E-state index in [1.807, 2.05) is 59.5 Å². The van der Waals surface area contributed by atoms with Crippen LogP contribution in [0.3, 0.4) is 0 Å². The first-order valence-corrected chi connectivity index (χ1v) is 14.1. The summed E-state index contributed by atoms with van der Waals surface area (Å²) in [6, 6.07) is 16.1. The predicted molar refractivity (Wildman–Crippen MR) is 156 cm³/mol. The molecule has 2 amide bonds. The van der Waals surface area contributed by atoms with E-state index in [0.29, 0.717) is 24.0 Å². The summed E-state index contributed by atoms with van der Waals surface area (Å²) >= 11 is 5.80. The van der Waals surface area contributed by atoms with Gasteiger partial charge in [-0.05, 0) is 74.5 Å². The highest BCUT2D eigenvalue weighted by molar-refractivity contribution is 7.80. The Labute approximate surface area is 231 Å². The van der Waals surface area contributed by atoms with Gasteiger partial charge < -0.3 is 24.8 Å². The molecule has 2 aliphatic heterocycles. The average Bonchev–Trinajstić information content (AvgIpc) is 3.17. The third-order valence-corrected chi connectivity index (χ3v) is 7.53. The molecule has 0 radical (unpaired) electrons. The molecule has 0 unspecified atom stereocenters. The fourth-order valence-corrected chi connectivity index (χ4v) is 5.35. The van der Waals surface area contributed by atoms with E-state index in [-0.39, 0.29) is 18.2 Å². The van der Waals surface area contributed by atoms with E-state index in [2.05, 4.69) is 29.0 Å². The molecule has 2 heterocycles. The SMILES string of the molecule is CCCOc1ccc(NC(=O)C[C@@H]2C(=O)N(c3ccccc3)C(=S)N2CCCN2CCN(CC)CC2)cc1. The van der Waals surface area contributed by atoms with E-state index in [1.165, 1.54) is 0 Å². The van der Waals surface area contributed by atoms with Gasteiger partial charge in [-0.3, -0.25) is 14.5 Å². The van der Waals surface area contributed by atoms with Gasteiger partial charge in [0.05, 0.1) is 18.7 Å².